The molecule has 1 aliphatic rings. The van der Waals surface area contributed by atoms with Gasteiger partial charge in [-0.2, -0.15) is 10.5 Å². The van der Waals surface area contributed by atoms with Gasteiger partial charge < -0.3 is 4.90 Å². The monoisotopic (exact) mass is 303 g/mol. The number of nitrogens with zero attached hydrogens (tertiary/aromatic N) is 5. The fourth-order valence-corrected chi connectivity index (χ4v) is 3.64. The van der Waals surface area contributed by atoms with Crippen molar-refractivity contribution < 1.29 is 0 Å². The van der Waals surface area contributed by atoms with Crippen LogP contribution < -0.4 is 4.90 Å². The highest BCUT2D eigenvalue weighted by atomic mass is 32.1. The molecule has 2 heterocycles. The SMILES string of the molecule is Cc1csc(N2CCN(C[C@H](C#N)CCC#N)C[C@@H]2C)n1. The number of aryl methyl sites for hydroxylation is 1. The minimum atomic E-state index is -0.0366. The van der Waals surface area contributed by atoms with Gasteiger partial charge in [0.05, 0.1) is 23.8 Å². The first-order valence-corrected chi connectivity index (χ1v) is 8.19. The Morgan fingerprint density at radius 1 is 1.48 bits per heavy atom. The molecule has 1 fully saturated rings. The number of aromatic nitrogens is 1. The van der Waals surface area contributed by atoms with Gasteiger partial charge in [-0.05, 0) is 20.3 Å². The molecule has 21 heavy (non-hydrogen) atoms. The zero-order chi connectivity index (χ0) is 15.2. The van der Waals surface area contributed by atoms with Crippen LogP contribution >= 0.6 is 11.3 Å². The van der Waals surface area contributed by atoms with Gasteiger partial charge in [-0.1, -0.05) is 0 Å². The van der Waals surface area contributed by atoms with Crippen LogP contribution in [0.2, 0.25) is 0 Å². The summed E-state index contributed by atoms with van der Waals surface area (Å²) in [7, 11) is 0. The Morgan fingerprint density at radius 2 is 2.29 bits per heavy atom. The molecule has 6 heteroatoms. The molecule has 0 aliphatic carbocycles. The Balaban J connectivity index is 1.89. The van der Waals surface area contributed by atoms with Gasteiger partial charge in [0, 0.05) is 44.0 Å². The number of thiazole rings is 1. The van der Waals surface area contributed by atoms with Crippen LogP contribution in [0.25, 0.3) is 0 Å². The van der Waals surface area contributed by atoms with E-state index in [4.69, 9.17) is 5.26 Å². The maximum absolute atomic E-state index is 9.18. The Kier molecular flexibility index (Phi) is 5.55. The first kappa shape index (κ1) is 15.8. The van der Waals surface area contributed by atoms with Crippen LogP contribution in [-0.2, 0) is 0 Å². The second kappa shape index (κ2) is 7.40. The molecule has 0 N–H and O–H groups in total. The fourth-order valence-electron chi connectivity index (χ4n) is 2.70. The molecule has 1 aliphatic heterocycles. The predicted octanol–water partition coefficient (Wildman–Crippen LogP) is 2.41. The Morgan fingerprint density at radius 3 is 2.86 bits per heavy atom. The first-order chi connectivity index (χ1) is 10.1. The summed E-state index contributed by atoms with van der Waals surface area (Å²) in [5.41, 5.74) is 1.07. The minimum Gasteiger partial charge on any atom is -0.343 e. The maximum atomic E-state index is 9.18. The molecule has 0 saturated carbocycles. The van der Waals surface area contributed by atoms with Crippen LogP contribution in [-0.4, -0.2) is 42.1 Å². The lowest BCUT2D eigenvalue weighted by Crippen LogP contribution is -2.52. The van der Waals surface area contributed by atoms with E-state index in [1.165, 1.54) is 0 Å². The maximum Gasteiger partial charge on any atom is 0.185 e. The summed E-state index contributed by atoms with van der Waals surface area (Å²) in [6.45, 7) is 7.85. The summed E-state index contributed by atoms with van der Waals surface area (Å²) in [6.07, 6.45) is 1.14. The molecule has 5 nitrogen and oxygen atoms in total. The topological polar surface area (TPSA) is 67.0 Å². The molecule has 2 atom stereocenters. The van der Waals surface area contributed by atoms with E-state index in [9.17, 15) is 5.26 Å². The average molecular weight is 303 g/mol. The van der Waals surface area contributed by atoms with Gasteiger partial charge in [-0.25, -0.2) is 4.98 Å². The van der Waals surface area contributed by atoms with Crippen LogP contribution in [0.4, 0.5) is 5.13 Å². The molecule has 2 rings (SSSR count). The first-order valence-electron chi connectivity index (χ1n) is 7.31. The lowest BCUT2D eigenvalue weighted by atomic mass is 10.0. The lowest BCUT2D eigenvalue weighted by molar-refractivity contribution is 0.208. The van der Waals surface area contributed by atoms with Crippen LogP contribution in [0.3, 0.4) is 0 Å². The van der Waals surface area contributed by atoms with Gasteiger partial charge in [0.1, 0.15) is 0 Å². The van der Waals surface area contributed by atoms with Crippen molar-refractivity contribution in [1.82, 2.24) is 9.88 Å². The number of hydrogen-bond donors (Lipinski definition) is 0. The third-order valence-corrected chi connectivity index (χ3v) is 4.83. The van der Waals surface area contributed by atoms with Gasteiger partial charge in [-0.15, -0.1) is 11.3 Å². The van der Waals surface area contributed by atoms with Crippen LogP contribution in [0.15, 0.2) is 5.38 Å². The van der Waals surface area contributed by atoms with Crippen molar-refractivity contribution in [2.45, 2.75) is 32.7 Å². The standard InChI is InChI=1S/C15H21N5S/c1-12-11-21-15(18-12)20-7-6-19(9-13(20)2)10-14(8-17)4-3-5-16/h11,13-14H,3-4,6-7,9-10H2,1-2H3/t13-,14-/m0/s1. The van der Waals surface area contributed by atoms with E-state index in [0.717, 1.165) is 37.0 Å². The van der Waals surface area contributed by atoms with E-state index < -0.39 is 0 Å². The van der Waals surface area contributed by atoms with Crippen LogP contribution in [0.1, 0.15) is 25.5 Å². The summed E-state index contributed by atoms with van der Waals surface area (Å²) in [5.74, 6) is -0.0366. The summed E-state index contributed by atoms with van der Waals surface area (Å²) in [6, 6.07) is 4.86. The predicted molar refractivity (Wildman–Crippen MR) is 84.0 cm³/mol. The Labute approximate surface area is 130 Å². The molecule has 0 amide bonds. The second-order valence-corrected chi connectivity index (χ2v) is 6.43. The third-order valence-electron chi connectivity index (χ3n) is 3.83. The number of anilines is 1. The number of rotatable bonds is 5. The largest absolute Gasteiger partial charge is 0.343 e. The van der Waals surface area contributed by atoms with Gasteiger partial charge >= 0.3 is 0 Å². The molecule has 112 valence electrons. The van der Waals surface area contributed by atoms with E-state index in [1.807, 2.05) is 6.92 Å². The molecular formula is C15H21N5S. The highest BCUT2D eigenvalue weighted by Crippen LogP contribution is 2.25. The summed E-state index contributed by atoms with van der Waals surface area (Å²) in [4.78, 5) is 9.26. The Bertz CT molecular complexity index is 541. The summed E-state index contributed by atoms with van der Waals surface area (Å²) >= 11 is 1.70. The van der Waals surface area contributed by atoms with E-state index in [-0.39, 0.29) is 5.92 Å². The molecule has 0 unspecified atom stereocenters. The molecule has 0 aromatic carbocycles. The molecule has 0 bridgehead atoms. The summed E-state index contributed by atoms with van der Waals surface area (Å²) in [5, 5.41) is 21.0. The highest BCUT2D eigenvalue weighted by Gasteiger charge is 2.26. The van der Waals surface area contributed by atoms with Crippen LogP contribution in [0.5, 0.6) is 0 Å². The lowest BCUT2D eigenvalue weighted by Gasteiger charge is -2.40. The fraction of sp³-hybridized carbons (Fsp3) is 0.667. The van der Waals surface area contributed by atoms with E-state index >= 15 is 0 Å². The van der Waals surface area contributed by atoms with Gasteiger partial charge in [-0.3, -0.25) is 4.90 Å². The van der Waals surface area contributed by atoms with Crippen molar-refractivity contribution in [3.8, 4) is 12.1 Å². The zero-order valence-electron chi connectivity index (χ0n) is 12.6. The van der Waals surface area contributed by atoms with Gasteiger partial charge in [0.2, 0.25) is 0 Å². The van der Waals surface area contributed by atoms with Gasteiger partial charge in [0.25, 0.3) is 0 Å². The van der Waals surface area contributed by atoms with Gasteiger partial charge in [0.15, 0.2) is 5.13 Å². The number of piperazine rings is 1. The molecule has 1 saturated heterocycles. The van der Waals surface area contributed by atoms with Crippen LogP contribution in [0, 0.1) is 35.5 Å². The highest BCUT2D eigenvalue weighted by molar-refractivity contribution is 7.13. The molecule has 0 spiro atoms. The van der Waals surface area contributed by atoms with E-state index in [1.54, 1.807) is 11.3 Å². The Hall–Kier alpha value is -1.63. The van der Waals surface area contributed by atoms with E-state index in [0.29, 0.717) is 18.9 Å². The minimum absolute atomic E-state index is 0.0366. The second-order valence-electron chi connectivity index (χ2n) is 5.60. The molecule has 0 radical (unpaired) electrons. The quantitative estimate of drug-likeness (QED) is 0.835. The van der Waals surface area contributed by atoms with Crippen molar-refractivity contribution in [3.63, 3.8) is 0 Å². The number of hydrogen-bond acceptors (Lipinski definition) is 6. The zero-order valence-corrected chi connectivity index (χ0v) is 13.4. The molecule has 1 aromatic heterocycles. The molecular weight excluding hydrogens is 282 g/mol. The van der Waals surface area contributed by atoms with Crippen molar-refractivity contribution in [2.24, 2.45) is 5.92 Å². The number of nitriles is 2. The summed E-state index contributed by atoms with van der Waals surface area (Å²) < 4.78 is 0. The average Bonchev–Trinajstić information content (AvgIpc) is 2.90. The van der Waals surface area contributed by atoms with Crippen molar-refractivity contribution in [1.29, 1.82) is 10.5 Å². The third kappa shape index (κ3) is 4.17. The van der Waals surface area contributed by atoms with Crippen molar-refractivity contribution in [2.75, 3.05) is 31.1 Å². The smallest absolute Gasteiger partial charge is 0.185 e. The van der Waals surface area contributed by atoms with E-state index in [2.05, 4.69) is 39.2 Å². The normalized spacial score (nSPS) is 20.8. The molecule has 1 aromatic rings. The van der Waals surface area contributed by atoms with Crippen molar-refractivity contribution >= 4 is 16.5 Å². The van der Waals surface area contributed by atoms with Crippen molar-refractivity contribution in [3.05, 3.63) is 11.1 Å².